The van der Waals surface area contributed by atoms with Crippen molar-refractivity contribution in [2.45, 2.75) is 33.2 Å². The Labute approximate surface area is 122 Å². The Kier molecular flexibility index (Phi) is 4.39. The largest absolute Gasteiger partial charge is 0.478 e. The molecule has 2 aromatic rings. The minimum absolute atomic E-state index is 0.106. The van der Waals surface area contributed by atoms with Crippen LogP contribution in [0.2, 0.25) is 0 Å². The third-order valence-electron chi connectivity index (χ3n) is 3.04. The number of aromatic carboxylic acids is 1. The van der Waals surface area contributed by atoms with Gasteiger partial charge in [0.25, 0.3) is 0 Å². The first-order valence-corrected chi connectivity index (χ1v) is 7.38. The lowest BCUT2D eigenvalue weighted by molar-refractivity contribution is 0.0696. The fraction of sp³-hybridized carbons (Fsp3) is 0.333. The molecule has 0 radical (unpaired) electrons. The van der Waals surface area contributed by atoms with Crippen molar-refractivity contribution in [3.05, 3.63) is 45.3 Å². The van der Waals surface area contributed by atoms with E-state index in [4.69, 9.17) is 5.11 Å². The Morgan fingerprint density at radius 3 is 2.75 bits per heavy atom. The zero-order chi connectivity index (χ0) is 14.7. The summed E-state index contributed by atoms with van der Waals surface area (Å²) in [5.41, 5.74) is 1.05. The molecule has 0 bridgehead atoms. The first-order chi connectivity index (χ1) is 9.49. The Hall–Kier alpha value is -1.88. The van der Waals surface area contributed by atoms with E-state index in [2.05, 4.69) is 29.4 Å². The van der Waals surface area contributed by atoms with Crippen LogP contribution in [0.15, 0.2) is 24.3 Å². The van der Waals surface area contributed by atoms with Crippen molar-refractivity contribution >= 4 is 23.1 Å². The van der Waals surface area contributed by atoms with E-state index in [0.717, 1.165) is 5.69 Å². The lowest BCUT2D eigenvalue weighted by Crippen LogP contribution is -2.09. The Balaban J connectivity index is 2.24. The number of hydrogen-bond acceptors (Lipinski definition) is 4. The molecule has 0 fully saturated rings. The summed E-state index contributed by atoms with van der Waals surface area (Å²) < 4.78 is 0. The van der Waals surface area contributed by atoms with E-state index in [-0.39, 0.29) is 11.6 Å². The van der Waals surface area contributed by atoms with Gasteiger partial charge in [-0.2, -0.15) is 0 Å². The van der Waals surface area contributed by atoms with Crippen LogP contribution in [0.4, 0.5) is 5.82 Å². The standard InChI is InChI=1S/C15H18N2O2S/c1-4-12-7-11(15(18)19)8-14(17-12)16-10(3)13-6-5-9(2)20-13/h5-8,10H,4H2,1-3H3,(H,16,17)(H,18,19). The van der Waals surface area contributed by atoms with Gasteiger partial charge in [0.2, 0.25) is 0 Å². The summed E-state index contributed by atoms with van der Waals surface area (Å²) in [5, 5.41) is 12.4. The first-order valence-electron chi connectivity index (χ1n) is 6.56. The lowest BCUT2D eigenvalue weighted by atomic mass is 10.2. The summed E-state index contributed by atoms with van der Waals surface area (Å²) in [6.07, 6.45) is 0.711. The van der Waals surface area contributed by atoms with E-state index >= 15 is 0 Å². The molecule has 0 aliphatic rings. The quantitative estimate of drug-likeness (QED) is 0.877. The van der Waals surface area contributed by atoms with Gasteiger partial charge in [0, 0.05) is 15.4 Å². The molecule has 0 amide bonds. The van der Waals surface area contributed by atoms with Gasteiger partial charge in [0.05, 0.1) is 11.6 Å². The molecule has 5 heteroatoms. The van der Waals surface area contributed by atoms with Crippen LogP contribution in [0.25, 0.3) is 0 Å². The molecular formula is C15H18N2O2S. The number of rotatable bonds is 5. The van der Waals surface area contributed by atoms with Gasteiger partial charge in [-0.15, -0.1) is 11.3 Å². The fourth-order valence-corrected chi connectivity index (χ4v) is 2.83. The van der Waals surface area contributed by atoms with Crippen molar-refractivity contribution in [1.82, 2.24) is 4.98 Å². The molecule has 0 spiro atoms. The van der Waals surface area contributed by atoms with E-state index in [9.17, 15) is 4.79 Å². The van der Waals surface area contributed by atoms with Crippen LogP contribution >= 0.6 is 11.3 Å². The zero-order valence-corrected chi connectivity index (χ0v) is 12.6. The zero-order valence-electron chi connectivity index (χ0n) is 11.8. The highest BCUT2D eigenvalue weighted by atomic mass is 32.1. The minimum atomic E-state index is -0.926. The minimum Gasteiger partial charge on any atom is -0.478 e. The van der Waals surface area contributed by atoms with Crippen LogP contribution in [0, 0.1) is 6.92 Å². The summed E-state index contributed by atoms with van der Waals surface area (Å²) in [5.74, 6) is -0.315. The van der Waals surface area contributed by atoms with Crippen molar-refractivity contribution in [2.75, 3.05) is 5.32 Å². The number of nitrogens with one attached hydrogen (secondary N) is 1. The van der Waals surface area contributed by atoms with E-state index in [1.807, 2.05) is 13.8 Å². The maximum atomic E-state index is 11.1. The number of anilines is 1. The van der Waals surface area contributed by atoms with Crippen LogP contribution in [0.1, 0.15) is 45.7 Å². The number of aryl methyl sites for hydroxylation is 2. The average molecular weight is 290 g/mol. The van der Waals surface area contributed by atoms with Gasteiger partial charge in [0.1, 0.15) is 5.82 Å². The summed E-state index contributed by atoms with van der Waals surface area (Å²) in [6, 6.07) is 7.47. The molecule has 1 atom stereocenters. The Morgan fingerprint density at radius 1 is 1.45 bits per heavy atom. The third kappa shape index (κ3) is 3.36. The number of carboxylic acids is 1. The smallest absolute Gasteiger partial charge is 0.335 e. The molecule has 0 aliphatic carbocycles. The molecule has 0 aliphatic heterocycles. The van der Waals surface area contributed by atoms with Crippen LogP contribution in [-0.2, 0) is 6.42 Å². The molecule has 4 nitrogen and oxygen atoms in total. The van der Waals surface area contributed by atoms with Gasteiger partial charge in [-0.25, -0.2) is 9.78 Å². The monoisotopic (exact) mass is 290 g/mol. The Morgan fingerprint density at radius 2 is 2.20 bits per heavy atom. The second kappa shape index (κ2) is 6.05. The van der Waals surface area contributed by atoms with Gasteiger partial charge < -0.3 is 10.4 Å². The van der Waals surface area contributed by atoms with Crippen molar-refractivity contribution < 1.29 is 9.90 Å². The summed E-state index contributed by atoms with van der Waals surface area (Å²) in [6.45, 7) is 6.08. The number of pyridine rings is 1. The van der Waals surface area contributed by atoms with Crippen LogP contribution < -0.4 is 5.32 Å². The summed E-state index contributed by atoms with van der Waals surface area (Å²) in [4.78, 5) is 18.0. The number of carboxylic acid groups (broad SMARTS) is 1. The average Bonchev–Trinajstić information content (AvgIpc) is 2.85. The van der Waals surface area contributed by atoms with E-state index < -0.39 is 5.97 Å². The number of aromatic nitrogens is 1. The lowest BCUT2D eigenvalue weighted by Gasteiger charge is -2.14. The normalized spacial score (nSPS) is 12.2. The van der Waals surface area contributed by atoms with Crippen molar-refractivity contribution in [3.63, 3.8) is 0 Å². The number of carbonyl (C=O) groups is 1. The predicted molar refractivity (Wildman–Crippen MR) is 81.7 cm³/mol. The summed E-state index contributed by atoms with van der Waals surface area (Å²) in [7, 11) is 0. The maximum absolute atomic E-state index is 11.1. The third-order valence-corrected chi connectivity index (χ3v) is 4.22. The fourth-order valence-electron chi connectivity index (χ4n) is 1.95. The van der Waals surface area contributed by atoms with E-state index in [1.165, 1.54) is 9.75 Å². The molecule has 1 unspecified atom stereocenters. The molecule has 2 N–H and O–H groups in total. The molecule has 2 heterocycles. The van der Waals surface area contributed by atoms with E-state index in [1.54, 1.807) is 23.5 Å². The van der Waals surface area contributed by atoms with Gasteiger partial charge in [0.15, 0.2) is 0 Å². The van der Waals surface area contributed by atoms with Gasteiger partial charge in [-0.05, 0) is 44.5 Å². The molecule has 0 saturated heterocycles. The van der Waals surface area contributed by atoms with Crippen LogP contribution in [0.3, 0.4) is 0 Å². The summed E-state index contributed by atoms with van der Waals surface area (Å²) >= 11 is 1.73. The SMILES string of the molecule is CCc1cc(C(=O)O)cc(NC(C)c2ccc(C)s2)n1. The number of nitrogens with zero attached hydrogens (tertiary/aromatic N) is 1. The van der Waals surface area contributed by atoms with Gasteiger partial charge in [-0.3, -0.25) is 0 Å². The molecular weight excluding hydrogens is 272 g/mol. The highest BCUT2D eigenvalue weighted by Gasteiger charge is 2.12. The van der Waals surface area contributed by atoms with Crippen LogP contribution in [-0.4, -0.2) is 16.1 Å². The first kappa shape index (κ1) is 14.5. The molecule has 2 rings (SSSR count). The van der Waals surface area contributed by atoms with Crippen molar-refractivity contribution in [1.29, 1.82) is 0 Å². The second-order valence-electron chi connectivity index (χ2n) is 4.71. The highest BCUT2D eigenvalue weighted by Crippen LogP contribution is 2.25. The number of thiophene rings is 1. The van der Waals surface area contributed by atoms with Crippen molar-refractivity contribution in [3.8, 4) is 0 Å². The highest BCUT2D eigenvalue weighted by molar-refractivity contribution is 7.12. The molecule has 0 saturated carbocycles. The predicted octanol–water partition coefficient (Wildman–Crippen LogP) is 3.89. The molecule has 2 aromatic heterocycles. The molecule has 0 aromatic carbocycles. The molecule has 106 valence electrons. The topological polar surface area (TPSA) is 62.2 Å². The second-order valence-corrected chi connectivity index (χ2v) is 6.03. The Bertz CT molecular complexity index is 622. The van der Waals surface area contributed by atoms with Crippen molar-refractivity contribution in [2.24, 2.45) is 0 Å². The number of hydrogen-bond donors (Lipinski definition) is 2. The van der Waals surface area contributed by atoms with E-state index in [0.29, 0.717) is 12.2 Å². The van der Waals surface area contributed by atoms with Crippen LogP contribution in [0.5, 0.6) is 0 Å². The van der Waals surface area contributed by atoms with Gasteiger partial charge in [-0.1, -0.05) is 6.92 Å². The molecule has 20 heavy (non-hydrogen) atoms. The van der Waals surface area contributed by atoms with Gasteiger partial charge >= 0.3 is 5.97 Å². The maximum Gasteiger partial charge on any atom is 0.335 e.